The predicted octanol–water partition coefficient (Wildman–Crippen LogP) is 1.81. The molecule has 22 heavy (non-hydrogen) atoms. The zero-order valence-corrected chi connectivity index (χ0v) is 12.9. The van der Waals surface area contributed by atoms with Gasteiger partial charge in [0.05, 0.1) is 0 Å². The van der Waals surface area contributed by atoms with Gasteiger partial charge in [-0.05, 0) is 18.1 Å². The number of carbonyl (C=O) groups excluding carboxylic acids is 2. The molecule has 2 aromatic rings. The van der Waals surface area contributed by atoms with E-state index >= 15 is 0 Å². The van der Waals surface area contributed by atoms with Crippen LogP contribution in [0.2, 0.25) is 0 Å². The summed E-state index contributed by atoms with van der Waals surface area (Å²) >= 11 is 0. The first-order valence-corrected chi connectivity index (χ1v) is 7.14. The fourth-order valence-corrected chi connectivity index (χ4v) is 2.03. The molecule has 6 heteroatoms. The summed E-state index contributed by atoms with van der Waals surface area (Å²) in [6.45, 7) is 3.77. The van der Waals surface area contributed by atoms with Crippen LogP contribution in [-0.2, 0) is 11.8 Å². The van der Waals surface area contributed by atoms with E-state index in [1.807, 2.05) is 19.9 Å². The van der Waals surface area contributed by atoms with Gasteiger partial charge in [-0.25, -0.2) is 0 Å². The Labute approximate surface area is 129 Å². The number of amides is 2. The van der Waals surface area contributed by atoms with Crippen LogP contribution in [-0.4, -0.2) is 27.6 Å². The number of aromatic nitrogens is 2. The van der Waals surface area contributed by atoms with Gasteiger partial charge in [0.1, 0.15) is 6.04 Å². The zero-order chi connectivity index (χ0) is 16.1. The first kappa shape index (κ1) is 15.8. The van der Waals surface area contributed by atoms with Crippen LogP contribution in [0.3, 0.4) is 0 Å². The molecule has 1 atom stereocenters. The summed E-state index contributed by atoms with van der Waals surface area (Å²) in [5.41, 5.74) is 0.527. The molecule has 0 aliphatic rings. The topological polar surface area (TPSA) is 76.0 Å². The van der Waals surface area contributed by atoms with E-state index in [2.05, 4.69) is 15.7 Å². The molecule has 0 bridgehead atoms. The van der Waals surface area contributed by atoms with Gasteiger partial charge in [-0.2, -0.15) is 5.10 Å². The Hall–Kier alpha value is -2.63. The predicted molar refractivity (Wildman–Crippen MR) is 84.4 cm³/mol. The molecule has 0 saturated heterocycles. The number of rotatable bonds is 5. The quantitative estimate of drug-likeness (QED) is 0.884. The van der Waals surface area contributed by atoms with Crippen LogP contribution >= 0.6 is 0 Å². The number of hydrogen-bond acceptors (Lipinski definition) is 3. The van der Waals surface area contributed by atoms with E-state index in [1.165, 1.54) is 0 Å². The molecule has 0 fully saturated rings. The van der Waals surface area contributed by atoms with E-state index in [1.54, 1.807) is 48.3 Å². The molecule has 0 aliphatic carbocycles. The number of aryl methyl sites for hydroxylation is 1. The molecule has 2 N–H and O–H groups in total. The minimum absolute atomic E-state index is 0.0450. The van der Waals surface area contributed by atoms with E-state index < -0.39 is 6.04 Å². The smallest absolute Gasteiger partial charge is 0.251 e. The summed E-state index contributed by atoms with van der Waals surface area (Å²) < 4.78 is 1.60. The highest BCUT2D eigenvalue weighted by atomic mass is 16.2. The van der Waals surface area contributed by atoms with Gasteiger partial charge in [0.2, 0.25) is 5.91 Å². The number of benzene rings is 1. The SMILES string of the molecule is CC(C)C(NC(=O)c1ccccc1)C(=O)Nc1ccn(C)n1. The zero-order valence-electron chi connectivity index (χ0n) is 12.9. The third-order valence-electron chi connectivity index (χ3n) is 3.24. The van der Waals surface area contributed by atoms with Crippen molar-refractivity contribution in [2.75, 3.05) is 5.32 Å². The second-order valence-electron chi connectivity index (χ2n) is 5.43. The van der Waals surface area contributed by atoms with Crippen molar-refractivity contribution in [1.29, 1.82) is 0 Å². The second kappa shape index (κ2) is 6.89. The van der Waals surface area contributed by atoms with Crippen LogP contribution in [0, 0.1) is 5.92 Å². The van der Waals surface area contributed by atoms with E-state index in [0.717, 1.165) is 0 Å². The average molecular weight is 300 g/mol. The molecule has 0 radical (unpaired) electrons. The Morgan fingerprint density at radius 2 is 1.82 bits per heavy atom. The lowest BCUT2D eigenvalue weighted by Gasteiger charge is -2.21. The van der Waals surface area contributed by atoms with Crippen molar-refractivity contribution in [1.82, 2.24) is 15.1 Å². The summed E-state index contributed by atoms with van der Waals surface area (Å²) in [5.74, 6) is -0.128. The van der Waals surface area contributed by atoms with E-state index in [0.29, 0.717) is 11.4 Å². The fourth-order valence-electron chi connectivity index (χ4n) is 2.03. The summed E-state index contributed by atoms with van der Waals surface area (Å²) in [4.78, 5) is 24.6. The highest BCUT2D eigenvalue weighted by molar-refractivity contribution is 6.00. The first-order chi connectivity index (χ1) is 10.5. The Bertz CT molecular complexity index is 649. The molecule has 2 amide bonds. The molecule has 0 spiro atoms. The normalized spacial score (nSPS) is 12.0. The van der Waals surface area contributed by atoms with Crippen LogP contribution in [0.25, 0.3) is 0 Å². The Balaban J connectivity index is 2.06. The van der Waals surface area contributed by atoms with Gasteiger partial charge >= 0.3 is 0 Å². The van der Waals surface area contributed by atoms with Crippen LogP contribution < -0.4 is 10.6 Å². The van der Waals surface area contributed by atoms with Crippen molar-refractivity contribution in [2.24, 2.45) is 13.0 Å². The summed E-state index contributed by atoms with van der Waals surface area (Å²) in [6.07, 6.45) is 1.74. The fraction of sp³-hybridized carbons (Fsp3) is 0.312. The van der Waals surface area contributed by atoms with Gasteiger partial charge in [0.15, 0.2) is 5.82 Å². The second-order valence-corrected chi connectivity index (χ2v) is 5.43. The van der Waals surface area contributed by atoms with Gasteiger partial charge < -0.3 is 10.6 Å². The highest BCUT2D eigenvalue weighted by Gasteiger charge is 2.25. The summed E-state index contributed by atoms with van der Waals surface area (Å²) in [5, 5.41) is 9.59. The molecular formula is C16H20N4O2. The first-order valence-electron chi connectivity index (χ1n) is 7.14. The van der Waals surface area contributed by atoms with Gasteiger partial charge in [0.25, 0.3) is 5.91 Å². The van der Waals surface area contributed by atoms with Gasteiger partial charge in [-0.15, -0.1) is 0 Å². The third kappa shape index (κ3) is 3.94. The van der Waals surface area contributed by atoms with Crippen molar-refractivity contribution in [3.63, 3.8) is 0 Å². The van der Waals surface area contributed by atoms with Gasteiger partial charge in [0, 0.05) is 24.9 Å². The minimum atomic E-state index is -0.630. The molecular weight excluding hydrogens is 280 g/mol. The maximum atomic E-state index is 12.4. The lowest BCUT2D eigenvalue weighted by molar-refractivity contribution is -0.118. The average Bonchev–Trinajstić information content (AvgIpc) is 2.90. The number of anilines is 1. The molecule has 1 aromatic heterocycles. The third-order valence-corrected chi connectivity index (χ3v) is 3.24. The molecule has 116 valence electrons. The van der Waals surface area contributed by atoms with Gasteiger partial charge in [-0.3, -0.25) is 14.3 Å². The number of hydrogen-bond donors (Lipinski definition) is 2. The van der Waals surface area contributed by atoms with Crippen molar-refractivity contribution in [3.8, 4) is 0 Å². The van der Waals surface area contributed by atoms with Crippen LogP contribution in [0.5, 0.6) is 0 Å². The number of carbonyl (C=O) groups is 2. The van der Waals surface area contributed by atoms with Crippen LogP contribution in [0.15, 0.2) is 42.6 Å². The van der Waals surface area contributed by atoms with Crippen LogP contribution in [0.1, 0.15) is 24.2 Å². The molecule has 2 rings (SSSR count). The molecule has 1 unspecified atom stereocenters. The molecule has 1 aromatic carbocycles. The van der Waals surface area contributed by atoms with Crippen molar-refractivity contribution in [2.45, 2.75) is 19.9 Å². The van der Waals surface area contributed by atoms with E-state index in [9.17, 15) is 9.59 Å². The summed E-state index contributed by atoms with van der Waals surface area (Å²) in [6, 6.07) is 9.90. The maximum Gasteiger partial charge on any atom is 0.251 e. The highest BCUT2D eigenvalue weighted by Crippen LogP contribution is 2.09. The molecule has 0 saturated carbocycles. The van der Waals surface area contributed by atoms with Crippen molar-refractivity contribution < 1.29 is 9.59 Å². The number of nitrogens with one attached hydrogen (secondary N) is 2. The molecule has 0 aliphatic heterocycles. The van der Waals surface area contributed by atoms with E-state index in [-0.39, 0.29) is 17.7 Å². The van der Waals surface area contributed by atoms with Crippen LogP contribution in [0.4, 0.5) is 5.82 Å². The number of nitrogens with zero attached hydrogens (tertiary/aromatic N) is 2. The Morgan fingerprint density at radius 3 is 2.36 bits per heavy atom. The van der Waals surface area contributed by atoms with Gasteiger partial charge in [-0.1, -0.05) is 32.0 Å². The largest absolute Gasteiger partial charge is 0.340 e. The monoisotopic (exact) mass is 300 g/mol. The lowest BCUT2D eigenvalue weighted by Crippen LogP contribution is -2.47. The standard InChI is InChI=1S/C16H20N4O2/c1-11(2)14(16(22)17-13-9-10-20(3)19-13)18-15(21)12-7-5-4-6-8-12/h4-11,14H,1-3H3,(H,18,21)(H,17,19,22). The Kier molecular flexibility index (Phi) is 4.93. The van der Waals surface area contributed by atoms with E-state index in [4.69, 9.17) is 0 Å². The minimum Gasteiger partial charge on any atom is -0.340 e. The Morgan fingerprint density at radius 1 is 1.14 bits per heavy atom. The lowest BCUT2D eigenvalue weighted by atomic mass is 10.0. The summed E-state index contributed by atoms with van der Waals surface area (Å²) in [7, 11) is 1.77. The van der Waals surface area contributed by atoms with Crippen molar-refractivity contribution >= 4 is 17.6 Å². The maximum absolute atomic E-state index is 12.4. The van der Waals surface area contributed by atoms with Crippen molar-refractivity contribution in [3.05, 3.63) is 48.2 Å². The molecule has 1 heterocycles. The molecule has 6 nitrogen and oxygen atoms in total.